The van der Waals surface area contributed by atoms with Gasteiger partial charge in [-0.05, 0) is 37.5 Å². The molecule has 2 heterocycles. The molecule has 1 aromatic carbocycles. The fourth-order valence-corrected chi connectivity index (χ4v) is 3.79. The maximum absolute atomic E-state index is 13.7. The Morgan fingerprint density at radius 2 is 2.16 bits per heavy atom. The van der Waals surface area contributed by atoms with Gasteiger partial charge in [-0.25, -0.2) is 4.39 Å². The number of carbonyl (C=O) groups is 2. The molecule has 1 saturated heterocycles. The fraction of sp³-hybridized carbons (Fsp3) is 0.412. The molecule has 4 rings (SSSR count). The van der Waals surface area contributed by atoms with E-state index in [1.165, 1.54) is 22.3 Å². The minimum Gasteiger partial charge on any atom is -0.311 e. The van der Waals surface area contributed by atoms with Gasteiger partial charge in [-0.1, -0.05) is 17.4 Å². The summed E-state index contributed by atoms with van der Waals surface area (Å²) in [5, 5.41) is 12.3. The van der Waals surface area contributed by atoms with E-state index in [0.717, 1.165) is 17.8 Å². The first-order chi connectivity index (χ1) is 12.0. The van der Waals surface area contributed by atoms with E-state index in [9.17, 15) is 14.0 Å². The van der Waals surface area contributed by atoms with Gasteiger partial charge in [0.05, 0.1) is 5.92 Å². The Morgan fingerprint density at radius 1 is 1.36 bits per heavy atom. The third kappa shape index (κ3) is 3.26. The van der Waals surface area contributed by atoms with E-state index in [1.54, 1.807) is 19.1 Å². The third-order valence-corrected chi connectivity index (χ3v) is 5.56. The molecule has 130 valence electrons. The molecule has 1 aliphatic heterocycles. The summed E-state index contributed by atoms with van der Waals surface area (Å²) in [6, 6.07) is 4.66. The van der Waals surface area contributed by atoms with Crippen molar-refractivity contribution in [3.05, 3.63) is 34.6 Å². The number of benzene rings is 1. The average Bonchev–Trinajstić information content (AvgIpc) is 3.21. The highest BCUT2D eigenvalue weighted by molar-refractivity contribution is 7.15. The van der Waals surface area contributed by atoms with Gasteiger partial charge in [0.15, 0.2) is 0 Å². The Morgan fingerprint density at radius 3 is 2.88 bits per heavy atom. The van der Waals surface area contributed by atoms with E-state index in [2.05, 4.69) is 15.5 Å². The van der Waals surface area contributed by atoms with Crippen LogP contribution in [0.15, 0.2) is 18.2 Å². The number of halogens is 1. The van der Waals surface area contributed by atoms with Crippen molar-refractivity contribution in [2.45, 2.75) is 32.1 Å². The number of nitrogens with zero attached hydrogens (tertiary/aromatic N) is 3. The van der Waals surface area contributed by atoms with Crippen LogP contribution in [0.5, 0.6) is 0 Å². The molecule has 1 aromatic heterocycles. The molecular formula is C17H17FN4O2S. The molecule has 0 bridgehead atoms. The van der Waals surface area contributed by atoms with Crippen molar-refractivity contribution in [3.63, 3.8) is 0 Å². The number of carbonyl (C=O) groups excluding carboxylic acids is 2. The number of aromatic nitrogens is 2. The second-order valence-corrected chi connectivity index (χ2v) is 7.56. The largest absolute Gasteiger partial charge is 0.311 e. The summed E-state index contributed by atoms with van der Waals surface area (Å²) in [5.41, 5.74) is 1.00. The van der Waals surface area contributed by atoms with E-state index < -0.39 is 5.92 Å². The predicted molar refractivity (Wildman–Crippen MR) is 92.1 cm³/mol. The second-order valence-electron chi connectivity index (χ2n) is 6.55. The lowest BCUT2D eigenvalue weighted by Crippen LogP contribution is -2.28. The monoisotopic (exact) mass is 360 g/mol. The van der Waals surface area contributed by atoms with Crippen LogP contribution in [0, 0.1) is 18.7 Å². The highest BCUT2D eigenvalue weighted by atomic mass is 32.1. The van der Waals surface area contributed by atoms with Gasteiger partial charge in [0.2, 0.25) is 16.9 Å². The number of hydrogen-bond donors (Lipinski definition) is 1. The molecule has 8 heteroatoms. The van der Waals surface area contributed by atoms with Gasteiger partial charge in [0.25, 0.3) is 0 Å². The van der Waals surface area contributed by atoms with Crippen LogP contribution in [0.1, 0.15) is 35.8 Å². The fourth-order valence-electron chi connectivity index (χ4n) is 2.87. The van der Waals surface area contributed by atoms with Gasteiger partial charge in [0.1, 0.15) is 10.8 Å². The Labute approximate surface area is 148 Å². The van der Waals surface area contributed by atoms with Gasteiger partial charge in [0, 0.05) is 24.6 Å². The summed E-state index contributed by atoms with van der Waals surface area (Å²) < 4.78 is 13.7. The first-order valence-electron chi connectivity index (χ1n) is 8.22. The van der Waals surface area contributed by atoms with E-state index in [1.807, 2.05) is 0 Å². The molecule has 25 heavy (non-hydrogen) atoms. The molecule has 0 spiro atoms. The van der Waals surface area contributed by atoms with Crippen LogP contribution in [0.3, 0.4) is 0 Å². The van der Waals surface area contributed by atoms with Crippen LogP contribution >= 0.6 is 11.3 Å². The van der Waals surface area contributed by atoms with Crippen LogP contribution in [0.4, 0.5) is 15.2 Å². The van der Waals surface area contributed by atoms with Crippen molar-refractivity contribution in [2.75, 3.05) is 16.8 Å². The van der Waals surface area contributed by atoms with Gasteiger partial charge >= 0.3 is 0 Å². The van der Waals surface area contributed by atoms with Crippen molar-refractivity contribution >= 4 is 34.0 Å². The number of rotatable bonds is 4. The molecular weight excluding hydrogens is 343 g/mol. The molecule has 1 aliphatic carbocycles. The molecule has 1 saturated carbocycles. The van der Waals surface area contributed by atoms with Crippen LogP contribution < -0.4 is 10.2 Å². The minimum atomic E-state index is -0.481. The quantitative estimate of drug-likeness (QED) is 0.910. The Hall–Kier alpha value is -2.35. The highest BCUT2D eigenvalue weighted by Crippen LogP contribution is 2.42. The molecule has 1 atom stereocenters. The van der Waals surface area contributed by atoms with Gasteiger partial charge < -0.3 is 10.2 Å². The van der Waals surface area contributed by atoms with Gasteiger partial charge in [-0.2, -0.15) is 0 Å². The van der Waals surface area contributed by atoms with Gasteiger partial charge in [-0.15, -0.1) is 10.2 Å². The molecule has 2 amide bonds. The molecule has 2 fully saturated rings. The zero-order chi connectivity index (χ0) is 17.6. The molecule has 0 unspecified atom stereocenters. The highest BCUT2D eigenvalue weighted by Gasteiger charge is 2.36. The van der Waals surface area contributed by atoms with E-state index in [-0.39, 0.29) is 30.6 Å². The lowest BCUT2D eigenvalue weighted by atomic mass is 10.1. The SMILES string of the molecule is Cc1ccc(N2C[C@H](C(=O)Nc3nnc(C4CC4)s3)CC2=O)cc1F. The van der Waals surface area contributed by atoms with Crippen molar-refractivity contribution in [2.24, 2.45) is 5.92 Å². The number of nitrogens with one attached hydrogen (secondary N) is 1. The topological polar surface area (TPSA) is 75.2 Å². The van der Waals surface area contributed by atoms with Crippen molar-refractivity contribution in [1.82, 2.24) is 10.2 Å². The zero-order valence-corrected chi connectivity index (χ0v) is 14.5. The first-order valence-corrected chi connectivity index (χ1v) is 9.03. The van der Waals surface area contributed by atoms with Crippen molar-refractivity contribution in [1.29, 1.82) is 0 Å². The van der Waals surface area contributed by atoms with Crippen LogP contribution in [0.2, 0.25) is 0 Å². The molecule has 2 aliphatic rings. The number of aryl methyl sites for hydroxylation is 1. The summed E-state index contributed by atoms with van der Waals surface area (Å²) in [6.07, 6.45) is 2.36. The lowest BCUT2D eigenvalue weighted by molar-refractivity contribution is -0.122. The predicted octanol–water partition coefficient (Wildman–Crippen LogP) is 2.85. The van der Waals surface area contributed by atoms with Crippen molar-refractivity contribution < 1.29 is 14.0 Å². The Kier molecular flexibility index (Phi) is 3.99. The number of hydrogen-bond acceptors (Lipinski definition) is 5. The average molecular weight is 360 g/mol. The van der Waals surface area contributed by atoms with Crippen LogP contribution in [-0.2, 0) is 9.59 Å². The number of amides is 2. The zero-order valence-electron chi connectivity index (χ0n) is 13.7. The van der Waals surface area contributed by atoms with Crippen LogP contribution in [0.25, 0.3) is 0 Å². The summed E-state index contributed by atoms with van der Waals surface area (Å²) in [5.74, 6) is -0.783. The van der Waals surface area contributed by atoms with Crippen LogP contribution in [-0.4, -0.2) is 28.6 Å². The summed E-state index contributed by atoms with van der Waals surface area (Å²) in [6.45, 7) is 1.90. The lowest BCUT2D eigenvalue weighted by Gasteiger charge is -2.17. The minimum absolute atomic E-state index is 0.107. The van der Waals surface area contributed by atoms with Crippen molar-refractivity contribution in [3.8, 4) is 0 Å². The Balaban J connectivity index is 1.43. The smallest absolute Gasteiger partial charge is 0.231 e. The van der Waals surface area contributed by atoms with Gasteiger partial charge in [-0.3, -0.25) is 9.59 Å². The Bertz CT molecular complexity index is 849. The normalized spacial score (nSPS) is 20.2. The maximum atomic E-state index is 13.7. The summed E-state index contributed by atoms with van der Waals surface area (Å²) in [4.78, 5) is 26.1. The second kappa shape index (κ2) is 6.18. The molecule has 2 aromatic rings. The van der Waals surface area contributed by atoms with E-state index >= 15 is 0 Å². The molecule has 0 radical (unpaired) electrons. The summed E-state index contributed by atoms with van der Waals surface area (Å²) >= 11 is 1.39. The first kappa shape index (κ1) is 16.1. The maximum Gasteiger partial charge on any atom is 0.231 e. The molecule has 6 nitrogen and oxygen atoms in total. The number of anilines is 2. The van der Waals surface area contributed by atoms with E-state index in [4.69, 9.17) is 0 Å². The van der Waals surface area contributed by atoms with E-state index in [0.29, 0.717) is 22.3 Å². The summed E-state index contributed by atoms with van der Waals surface area (Å²) in [7, 11) is 0. The standard InChI is InChI=1S/C17H17FN4O2S/c1-9-2-5-12(7-13(9)18)22-8-11(6-14(22)23)15(24)19-17-21-20-16(25-17)10-3-4-10/h2,5,7,10-11H,3-4,6,8H2,1H3,(H,19,21,24)/t11-/m1/s1. The molecule has 1 N–H and O–H groups in total. The third-order valence-electron chi connectivity index (χ3n) is 4.56.